The lowest BCUT2D eigenvalue weighted by Crippen LogP contribution is -2.25. The van der Waals surface area contributed by atoms with Gasteiger partial charge in [0.1, 0.15) is 5.82 Å². The summed E-state index contributed by atoms with van der Waals surface area (Å²) in [5, 5.41) is 9.67. The number of benzene rings is 1. The van der Waals surface area contributed by atoms with Crippen LogP contribution in [0, 0.1) is 0 Å². The molecule has 2 rings (SSSR count). The van der Waals surface area contributed by atoms with Crippen LogP contribution in [0.15, 0.2) is 30.3 Å². The molecule has 0 saturated carbocycles. The van der Waals surface area contributed by atoms with Crippen LogP contribution < -0.4 is 4.90 Å². The lowest BCUT2D eigenvalue weighted by Gasteiger charge is -2.18. The molecule has 0 fully saturated rings. The van der Waals surface area contributed by atoms with Crippen molar-refractivity contribution in [1.29, 1.82) is 0 Å². The Balaban J connectivity index is 2.55. The maximum atomic E-state index is 12.4. The van der Waals surface area contributed by atoms with Crippen molar-refractivity contribution in [2.24, 2.45) is 0 Å². The van der Waals surface area contributed by atoms with E-state index in [1.807, 2.05) is 0 Å². The van der Waals surface area contributed by atoms with E-state index in [1.165, 1.54) is 18.0 Å². The van der Waals surface area contributed by atoms with E-state index < -0.39 is 18.9 Å². The molecule has 1 aromatic carbocycles. The number of fused-ring (bicyclic) bond motifs is 1. The Bertz CT molecular complexity index is 617. The van der Waals surface area contributed by atoms with Crippen molar-refractivity contribution < 1.29 is 18.7 Å². The topological polar surface area (TPSA) is 53.4 Å². The lowest BCUT2D eigenvalue weighted by molar-refractivity contribution is 0.0699. The van der Waals surface area contributed by atoms with Gasteiger partial charge in [0.05, 0.1) is 17.6 Å². The molecule has 0 aliphatic rings. The summed E-state index contributed by atoms with van der Waals surface area (Å²) in [6.07, 6.45) is -2.51. The zero-order chi connectivity index (χ0) is 14.0. The van der Waals surface area contributed by atoms with E-state index in [0.29, 0.717) is 10.9 Å². The van der Waals surface area contributed by atoms with Gasteiger partial charge in [-0.25, -0.2) is 18.6 Å². The molecule has 0 spiro atoms. The number of carboxylic acids is 1. The van der Waals surface area contributed by atoms with Crippen LogP contribution in [0.5, 0.6) is 0 Å². The second-order valence-electron chi connectivity index (χ2n) is 4.12. The number of carboxylic acid groups (broad SMARTS) is 1. The number of aromatic nitrogens is 1. The Morgan fingerprint density at radius 1 is 1.42 bits per heavy atom. The average molecular weight is 266 g/mol. The zero-order valence-electron chi connectivity index (χ0n) is 10.2. The number of rotatable bonds is 4. The van der Waals surface area contributed by atoms with Gasteiger partial charge in [0, 0.05) is 12.4 Å². The minimum Gasteiger partial charge on any atom is -0.478 e. The third-order valence-electron chi connectivity index (χ3n) is 2.74. The van der Waals surface area contributed by atoms with Gasteiger partial charge >= 0.3 is 5.97 Å². The molecule has 1 aromatic heterocycles. The summed E-state index contributed by atoms with van der Waals surface area (Å²) in [6, 6.07) is 8.04. The fourth-order valence-electron chi connectivity index (χ4n) is 1.83. The fraction of sp³-hybridized carbons (Fsp3) is 0.231. The Morgan fingerprint density at radius 2 is 2.11 bits per heavy atom. The quantitative estimate of drug-likeness (QED) is 0.924. The molecule has 4 nitrogen and oxygen atoms in total. The highest BCUT2D eigenvalue weighted by Gasteiger charge is 2.15. The molecule has 100 valence electrons. The van der Waals surface area contributed by atoms with Gasteiger partial charge in [-0.05, 0) is 12.1 Å². The molecule has 0 aliphatic heterocycles. The summed E-state index contributed by atoms with van der Waals surface area (Å²) in [4.78, 5) is 16.7. The summed E-state index contributed by atoms with van der Waals surface area (Å²) in [7, 11) is 1.45. The van der Waals surface area contributed by atoms with Crippen molar-refractivity contribution in [3.63, 3.8) is 0 Å². The van der Waals surface area contributed by atoms with Crippen LogP contribution in [0.3, 0.4) is 0 Å². The largest absolute Gasteiger partial charge is 0.478 e. The van der Waals surface area contributed by atoms with Crippen molar-refractivity contribution >= 4 is 22.7 Å². The molecule has 0 radical (unpaired) electrons. The normalized spacial score (nSPS) is 10.9. The van der Waals surface area contributed by atoms with Crippen molar-refractivity contribution in [1.82, 2.24) is 4.98 Å². The predicted molar refractivity (Wildman–Crippen MR) is 68.0 cm³/mol. The van der Waals surface area contributed by atoms with E-state index in [4.69, 9.17) is 0 Å². The third-order valence-corrected chi connectivity index (χ3v) is 2.74. The molecule has 0 saturated heterocycles. The summed E-state index contributed by atoms with van der Waals surface area (Å²) in [5.74, 6) is -0.887. The van der Waals surface area contributed by atoms with Crippen molar-refractivity contribution in [3.8, 4) is 0 Å². The Hall–Kier alpha value is -2.24. The van der Waals surface area contributed by atoms with Crippen LogP contribution in [0.2, 0.25) is 0 Å². The highest BCUT2D eigenvalue weighted by Crippen LogP contribution is 2.22. The molecule has 2 aromatic rings. The highest BCUT2D eigenvalue weighted by molar-refractivity contribution is 6.03. The Morgan fingerprint density at radius 3 is 2.74 bits per heavy atom. The first kappa shape index (κ1) is 13.2. The number of hydrogen-bond acceptors (Lipinski definition) is 3. The Kier molecular flexibility index (Phi) is 3.59. The molecule has 0 amide bonds. The van der Waals surface area contributed by atoms with Gasteiger partial charge in [-0.3, -0.25) is 0 Å². The van der Waals surface area contributed by atoms with Crippen LogP contribution in [0.1, 0.15) is 10.4 Å². The van der Waals surface area contributed by atoms with E-state index in [-0.39, 0.29) is 11.4 Å². The number of carbonyl (C=O) groups is 1. The first-order valence-electron chi connectivity index (χ1n) is 5.61. The average Bonchev–Trinajstić information content (AvgIpc) is 2.36. The van der Waals surface area contributed by atoms with Crippen LogP contribution in [0.25, 0.3) is 10.9 Å². The summed E-state index contributed by atoms with van der Waals surface area (Å²) in [6.45, 7) is -0.496. The number of halogens is 2. The lowest BCUT2D eigenvalue weighted by atomic mass is 10.1. The van der Waals surface area contributed by atoms with E-state index in [9.17, 15) is 18.7 Å². The van der Waals surface area contributed by atoms with Gasteiger partial charge in [-0.2, -0.15) is 0 Å². The number of nitrogens with zero attached hydrogens (tertiary/aromatic N) is 2. The number of hydrogen-bond donors (Lipinski definition) is 1. The van der Waals surface area contributed by atoms with E-state index in [1.54, 1.807) is 24.3 Å². The third kappa shape index (κ3) is 2.78. The number of anilines is 1. The van der Waals surface area contributed by atoms with Crippen molar-refractivity contribution in [2.45, 2.75) is 6.43 Å². The first-order valence-corrected chi connectivity index (χ1v) is 5.61. The molecule has 6 heteroatoms. The van der Waals surface area contributed by atoms with E-state index >= 15 is 0 Å². The van der Waals surface area contributed by atoms with E-state index in [2.05, 4.69) is 4.98 Å². The number of pyridine rings is 1. The molecule has 1 N–H and O–H groups in total. The van der Waals surface area contributed by atoms with Gasteiger partial charge in [0.15, 0.2) is 0 Å². The van der Waals surface area contributed by atoms with Gasteiger partial charge in [0.25, 0.3) is 6.43 Å². The molecule has 0 atom stereocenters. The van der Waals surface area contributed by atoms with Crippen LogP contribution in [0.4, 0.5) is 14.6 Å². The van der Waals surface area contributed by atoms with E-state index in [0.717, 1.165) is 0 Å². The van der Waals surface area contributed by atoms with Gasteiger partial charge in [-0.15, -0.1) is 0 Å². The fourth-order valence-corrected chi connectivity index (χ4v) is 1.83. The standard InChI is InChI=1S/C13H12F2N2O2/c1-17(7-11(14)15)12-6-9(13(18)19)8-4-2-3-5-10(8)16-12/h2-6,11H,7H2,1H3,(H,18,19). The van der Waals surface area contributed by atoms with Gasteiger partial charge < -0.3 is 10.0 Å². The maximum Gasteiger partial charge on any atom is 0.336 e. The minimum absolute atomic E-state index is 0.0571. The smallest absolute Gasteiger partial charge is 0.336 e. The molecule has 1 heterocycles. The van der Waals surface area contributed by atoms with Crippen LogP contribution in [-0.4, -0.2) is 36.1 Å². The highest BCUT2D eigenvalue weighted by atomic mass is 19.3. The zero-order valence-corrected chi connectivity index (χ0v) is 10.2. The number of alkyl halides is 2. The Labute approximate surface area is 108 Å². The van der Waals surface area contributed by atoms with Crippen molar-refractivity contribution in [3.05, 3.63) is 35.9 Å². The summed E-state index contributed by atoms with van der Waals surface area (Å²) in [5.41, 5.74) is 0.528. The summed E-state index contributed by atoms with van der Waals surface area (Å²) >= 11 is 0. The predicted octanol–water partition coefficient (Wildman–Crippen LogP) is 2.63. The minimum atomic E-state index is -2.51. The monoisotopic (exact) mass is 266 g/mol. The second kappa shape index (κ2) is 5.17. The van der Waals surface area contributed by atoms with Crippen molar-refractivity contribution in [2.75, 3.05) is 18.5 Å². The van der Waals surface area contributed by atoms with Crippen LogP contribution >= 0.6 is 0 Å². The molecular weight excluding hydrogens is 254 g/mol. The molecule has 19 heavy (non-hydrogen) atoms. The molecule has 0 unspecified atom stereocenters. The maximum absolute atomic E-state index is 12.4. The SMILES string of the molecule is CN(CC(F)F)c1cc(C(=O)O)c2ccccc2n1. The van der Waals surface area contributed by atoms with Gasteiger partial charge in [-0.1, -0.05) is 18.2 Å². The molecule has 0 aliphatic carbocycles. The number of para-hydroxylation sites is 1. The molecular formula is C13H12F2N2O2. The molecule has 0 bridgehead atoms. The summed E-state index contributed by atoms with van der Waals surface area (Å²) < 4.78 is 24.7. The van der Waals surface area contributed by atoms with Crippen LogP contribution in [-0.2, 0) is 0 Å². The number of aromatic carboxylic acids is 1. The second-order valence-corrected chi connectivity index (χ2v) is 4.12. The van der Waals surface area contributed by atoms with Gasteiger partial charge in [0.2, 0.25) is 0 Å². The first-order chi connectivity index (χ1) is 8.99.